The van der Waals surface area contributed by atoms with Crippen molar-refractivity contribution in [3.63, 3.8) is 0 Å². The Hall–Kier alpha value is -1.43. The van der Waals surface area contributed by atoms with Crippen LogP contribution in [0.25, 0.3) is 0 Å². The molecule has 1 aromatic rings. The lowest BCUT2D eigenvalue weighted by atomic mass is 9.88. The van der Waals surface area contributed by atoms with E-state index in [-0.39, 0.29) is 17.9 Å². The van der Waals surface area contributed by atoms with Gasteiger partial charge in [0, 0.05) is 17.3 Å². The van der Waals surface area contributed by atoms with Crippen LogP contribution in [0.3, 0.4) is 0 Å². The quantitative estimate of drug-likeness (QED) is 0.743. The maximum absolute atomic E-state index is 12.8. The van der Waals surface area contributed by atoms with E-state index in [1.54, 1.807) is 12.3 Å². The van der Waals surface area contributed by atoms with Crippen LogP contribution in [0.4, 0.5) is 0 Å². The molecule has 0 saturated heterocycles. The lowest BCUT2D eigenvalue weighted by Gasteiger charge is -2.31. The number of ether oxygens (including phenoxy) is 1. The van der Waals surface area contributed by atoms with Crippen LogP contribution in [0, 0.1) is 5.92 Å². The first-order valence-corrected chi connectivity index (χ1v) is 9.32. The summed E-state index contributed by atoms with van der Waals surface area (Å²) in [6.45, 7) is 6.64. The highest BCUT2D eigenvalue weighted by Gasteiger charge is 2.28. The second kappa shape index (κ2) is 8.43. The summed E-state index contributed by atoms with van der Waals surface area (Å²) in [7, 11) is 0. The second-order valence-electron chi connectivity index (χ2n) is 6.24. The van der Waals surface area contributed by atoms with Crippen molar-refractivity contribution in [3.05, 3.63) is 16.1 Å². The molecule has 0 atom stereocenters. The van der Waals surface area contributed by atoms with E-state index < -0.39 is 5.97 Å². The largest absolute Gasteiger partial charge is 0.461 e. The summed E-state index contributed by atoms with van der Waals surface area (Å²) in [5, 5.41) is 2.49. The van der Waals surface area contributed by atoms with E-state index in [9.17, 15) is 9.59 Å². The molecule has 0 spiro atoms. The highest BCUT2D eigenvalue weighted by molar-refractivity contribution is 7.09. The summed E-state index contributed by atoms with van der Waals surface area (Å²) in [4.78, 5) is 30.7. The van der Waals surface area contributed by atoms with Gasteiger partial charge in [0.25, 0.3) is 0 Å². The third-order valence-corrected chi connectivity index (χ3v) is 5.04. The van der Waals surface area contributed by atoms with Crippen LogP contribution in [0.2, 0.25) is 0 Å². The lowest BCUT2D eigenvalue weighted by Crippen LogP contribution is -2.41. The van der Waals surface area contributed by atoms with E-state index in [1.807, 2.05) is 18.7 Å². The van der Waals surface area contributed by atoms with E-state index >= 15 is 0 Å². The number of carbonyl (C=O) groups is 2. The molecule has 128 valence electrons. The average Bonchev–Trinajstić information content (AvgIpc) is 3.01. The zero-order valence-electron chi connectivity index (χ0n) is 14.2. The topological polar surface area (TPSA) is 59.5 Å². The third-order valence-electron chi connectivity index (χ3n) is 4.20. The predicted molar refractivity (Wildman–Crippen MR) is 90.3 cm³/mol. The Morgan fingerprint density at radius 2 is 2.04 bits per heavy atom. The van der Waals surface area contributed by atoms with Crippen molar-refractivity contribution in [1.29, 1.82) is 0 Å². The summed E-state index contributed by atoms with van der Waals surface area (Å²) in [6, 6.07) is 0.124. The van der Waals surface area contributed by atoms with E-state index in [4.69, 9.17) is 4.74 Å². The molecule has 6 heteroatoms. The average molecular weight is 338 g/mol. The summed E-state index contributed by atoms with van der Waals surface area (Å²) in [6.07, 6.45) is 5.52. The van der Waals surface area contributed by atoms with Gasteiger partial charge in [-0.05, 0) is 33.6 Å². The van der Waals surface area contributed by atoms with Crippen molar-refractivity contribution in [2.24, 2.45) is 5.92 Å². The van der Waals surface area contributed by atoms with Gasteiger partial charge < -0.3 is 9.64 Å². The first kappa shape index (κ1) is 17.9. The molecule has 0 bridgehead atoms. The minimum absolute atomic E-state index is 0.124. The molecule has 0 unspecified atom stereocenters. The van der Waals surface area contributed by atoms with Crippen LogP contribution < -0.4 is 0 Å². The number of hydrogen-bond acceptors (Lipinski definition) is 5. The van der Waals surface area contributed by atoms with Gasteiger partial charge in [0.15, 0.2) is 5.69 Å². The molecule has 1 saturated carbocycles. The number of carbonyl (C=O) groups excluding carboxylic acids is 2. The fourth-order valence-electron chi connectivity index (χ4n) is 2.93. The Balaban J connectivity index is 2.04. The zero-order chi connectivity index (χ0) is 16.8. The normalized spacial score (nSPS) is 15.7. The molecule has 1 aliphatic rings. The summed E-state index contributed by atoms with van der Waals surface area (Å²) in [5.74, 6) is -0.0204. The highest BCUT2D eigenvalue weighted by Crippen LogP contribution is 2.27. The van der Waals surface area contributed by atoms with E-state index in [0.717, 1.165) is 30.7 Å². The lowest BCUT2D eigenvalue weighted by molar-refractivity contribution is -0.139. The molecule has 0 aliphatic heterocycles. The Labute approximate surface area is 142 Å². The molecule has 1 fully saturated rings. The van der Waals surface area contributed by atoms with E-state index in [0.29, 0.717) is 18.8 Å². The van der Waals surface area contributed by atoms with Crippen molar-refractivity contribution >= 4 is 23.2 Å². The molecule has 0 aromatic carbocycles. The first-order chi connectivity index (χ1) is 11.0. The van der Waals surface area contributed by atoms with Gasteiger partial charge in [0.05, 0.1) is 13.2 Å². The van der Waals surface area contributed by atoms with Crippen molar-refractivity contribution in [3.8, 4) is 0 Å². The van der Waals surface area contributed by atoms with Crippen molar-refractivity contribution in [2.75, 3.05) is 6.61 Å². The minimum atomic E-state index is -0.398. The number of hydrogen-bond donors (Lipinski definition) is 0. The molecule has 0 radical (unpaired) electrons. The van der Waals surface area contributed by atoms with Crippen molar-refractivity contribution in [1.82, 2.24) is 9.88 Å². The van der Waals surface area contributed by atoms with Crippen molar-refractivity contribution < 1.29 is 14.3 Å². The van der Waals surface area contributed by atoms with Gasteiger partial charge in [0.2, 0.25) is 5.91 Å². The molecule has 5 nitrogen and oxygen atoms in total. The molecule has 0 N–H and O–H groups in total. The Kier molecular flexibility index (Phi) is 6.57. The summed E-state index contributed by atoms with van der Waals surface area (Å²) in [5.41, 5.74) is 0.334. The van der Waals surface area contributed by atoms with E-state index in [2.05, 4.69) is 4.98 Å². The predicted octanol–water partition coefficient (Wildman–Crippen LogP) is 3.64. The van der Waals surface area contributed by atoms with Crippen LogP contribution in [0.5, 0.6) is 0 Å². The maximum atomic E-state index is 12.8. The molecule has 1 aliphatic carbocycles. The summed E-state index contributed by atoms with van der Waals surface area (Å²) < 4.78 is 4.96. The summed E-state index contributed by atoms with van der Waals surface area (Å²) >= 11 is 1.41. The number of rotatable bonds is 6. The van der Waals surface area contributed by atoms with Crippen LogP contribution in [0.15, 0.2) is 5.38 Å². The molecule has 1 heterocycles. The van der Waals surface area contributed by atoms with Crippen LogP contribution in [0.1, 0.15) is 68.4 Å². The zero-order valence-corrected chi connectivity index (χ0v) is 15.0. The molecular formula is C17H26N2O3S. The standard InChI is InChI=1S/C17H26N2O3S/c1-4-22-17(21)14-11-23-15(18-14)10-19(12(2)3)16(20)13-8-6-5-7-9-13/h11-13H,4-10H2,1-3H3. The van der Waals surface area contributed by atoms with Crippen LogP contribution in [-0.4, -0.2) is 34.4 Å². The molecular weight excluding hydrogens is 312 g/mol. The van der Waals surface area contributed by atoms with Gasteiger partial charge in [0.1, 0.15) is 5.01 Å². The minimum Gasteiger partial charge on any atom is -0.461 e. The number of amides is 1. The van der Waals surface area contributed by atoms with Gasteiger partial charge in [-0.15, -0.1) is 11.3 Å². The fraction of sp³-hybridized carbons (Fsp3) is 0.706. The molecule has 2 rings (SSSR count). The van der Waals surface area contributed by atoms with Gasteiger partial charge in [-0.2, -0.15) is 0 Å². The van der Waals surface area contributed by atoms with Gasteiger partial charge >= 0.3 is 5.97 Å². The second-order valence-corrected chi connectivity index (χ2v) is 7.18. The van der Waals surface area contributed by atoms with Gasteiger partial charge in [-0.25, -0.2) is 9.78 Å². The molecule has 23 heavy (non-hydrogen) atoms. The smallest absolute Gasteiger partial charge is 0.357 e. The number of nitrogens with zero attached hydrogens (tertiary/aromatic N) is 2. The highest BCUT2D eigenvalue weighted by atomic mass is 32.1. The number of esters is 1. The maximum Gasteiger partial charge on any atom is 0.357 e. The number of aromatic nitrogens is 1. The molecule has 1 amide bonds. The first-order valence-electron chi connectivity index (χ1n) is 8.45. The van der Waals surface area contributed by atoms with E-state index in [1.165, 1.54) is 17.8 Å². The van der Waals surface area contributed by atoms with Crippen LogP contribution in [-0.2, 0) is 16.1 Å². The Bertz CT molecular complexity index is 536. The Morgan fingerprint density at radius 3 is 2.65 bits per heavy atom. The monoisotopic (exact) mass is 338 g/mol. The Morgan fingerprint density at radius 1 is 1.35 bits per heavy atom. The van der Waals surface area contributed by atoms with Gasteiger partial charge in [-0.3, -0.25) is 4.79 Å². The van der Waals surface area contributed by atoms with Crippen LogP contribution >= 0.6 is 11.3 Å². The van der Waals surface area contributed by atoms with Gasteiger partial charge in [-0.1, -0.05) is 19.3 Å². The number of thiazole rings is 1. The third kappa shape index (κ3) is 4.77. The molecule has 1 aromatic heterocycles. The fourth-order valence-corrected chi connectivity index (χ4v) is 3.69. The SMILES string of the molecule is CCOC(=O)c1csc(CN(C(=O)C2CCCCC2)C(C)C)n1. The van der Waals surface area contributed by atoms with Crippen molar-refractivity contribution in [2.45, 2.75) is 65.5 Å².